The largest absolute Gasteiger partial charge is 0.399 e. The lowest BCUT2D eigenvalue weighted by Crippen LogP contribution is -1.97. The van der Waals surface area contributed by atoms with Crippen molar-refractivity contribution in [2.24, 2.45) is 0 Å². The summed E-state index contributed by atoms with van der Waals surface area (Å²) in [5.41, 5.74) is 11.9. The van der Waals surface area contributed by atoms with E-state index >= 15 is 0 Å². The third-order valence-electron chi connectivity index (χ3n) is 2.96. The van der Waals surface area contributed by atoms with Gasteiger partial charge in [0.1, 0.15) is 0 Å². The maximum atomic E-state index is 5.94. The van der Waals surface area contributed by atoms with Gasteiger partial charge in [0, 0.05) is 5.69 Å². The molecule has 0 aliphatic carbocycles. The standard InChI is InChI=1S/C15H17N.C3H8.2C2H6/c1-11-8-12(2)15(16)10-14(11)9-13-6-4-3-5-7-13;1-3-2;2*1-2/h3-8,10H,9,16H2,1-2H3;3H2,1-2H3;2*1-2H3. The first-order chi connectivity index (χ1) is 11.1. The molecule has 2 aromatic carbocycles. The summed E-state index contributed by atoms with van der Waals surface area (Å²) in [4.78, 5) is 0. The second kappa shape index (κ2) is 15.1. The van der Waals surface area contributed by atoms with Gasteiger partial charge in [-0.25, -0.2) is 0 Å². The van der Waals surface area contributed by atoms with Crippen LogP contribution in [0.5, 0.6) is 0 Å². The maximum absolute atomic E-state index is 5.94. The van der Waals surface area contributed by atoms with E-state index in [1.54, 1.807) is 0 Å². The van der Waals surface area contributed by atoms with Gasteiger partial charge in [-0.2, -0.15) is 0 Å². The molecule has 0 atom stereocenters. The lowest BCUT2D eigenvalue weighted by molar-refractivity contribution is 1.09. The number of nitrogen functional groups attached to an aromatic ring is 1. The molecule has 1 nitrogen and oxygen atoms in total. The average Bonchev–Trinajstić information content (AvgIpc) is 2.58. The highest BCUT2D eigenvalue weighted by molar-refractivity contribution is 5.52. The minimum absolute atomic E-state index is 0.886. The van der Waals surface area contributed by atoms with Gasteiger partial charge in [-0.1, -0.05) is 84.4 Å². The smallest absolute Gasteiger partial charge is 0.0346 e. The number of anilines is 1. The quantitative estimate of drug-likeness (QED) is 0.596. The molecule has 0 saturated carbocycles. The molecule has 0 unspecified atom stereocenters. The van der Waals surface area contributed by atoms with Crippen molar-refractivity contribution in [2.45, 2.75) is 68.2 Å². The Balaban J connectivity index is 0. The van der Waals surface area contributed by atoms with Crippen LogP contribution >= 0.6 is 0 Å². The molecule has 0 fully saturated rings. The molecule has 0 aliphatic rings. The van der Waals surface area contributed by atoms with E-state index in [-0.39, 0.29) is 0 Å². The van der Waals surface area contributed by atoms with Crippen molar-refractivity contribution in [1.29, 1.82) is 0 Å². The van der Waals surface area contributed by atoms with Crippen LogP contribution in [0.25, 0.3) is 0 Å². The fraction of sp³-hybridized carbons (Fsp3) is 0.455. The lowest BCUT2D eigenvalue weighted by Gasteiger charge is -2.09. The fourth-order valence-corrected chi connectivity index (χ4v) is 1.92. The number of aryl methyl sites for hydroxylation is 2. The van der Waals surface area contributed by atoms with Crippen LogP contribution in [0.4, 0.5) is 5.69 Å². The Morgan fingerprint density at radius 2 is 1.26 bits per heavy atom. The first kappa shape index (κ1) is 23.5. The molecule has 0 amide bonds. The highest BCUT2D eigenvalue weighted by Crippen LogP contribution is 2.20. The van der Waals surface area contributed by atoms with Crippen LogP contribution in [0.2, 0.25) is 0 Å². The first-order valence-corrected chi connectivity index (χ1v) is 8.98. The van der Waals surface area contributed by atoms with Crippen molar-refractivity contribution in [3.05, 3.63) is 64.7 Å². The molecule has 23 heavy (non-hydrogen) atoms. The van der Waals surface area contributed by atoms with Crippen molar-refractivity contribution in [3.63, 3.8) is 0 Å². The van der Waals surface area contributed by atoms with Gasteiger partial charge in [0.2, 0.25) is 0 Å². The van der Waals surface area contributed by atoms with E-state index < -0.39 is 0 Å². The van der Waals surface area contributed by atoms with Gasteiger partial charge in [0.15, 0.2) is 0 Å². The van der Waals surface area contributed by atoms with Gasteiger partial charge in [-0.3, -0.25) is 0 Å². The lowest BCUT2D eigenvalue weighted by atomic mass is 9.98. The number of nitrogens with two attached hydrogens (primary N) is 1. The minimum atomic E-state index is 0.886. The van der Waals surface area contributed by atoms with E-state index in [0.29, 0.717) is 0 Å². The normalized spacial score (nSPS) is 8.52. The molecule has 0 saturated heterocycles. The van der Waals surface area contributed by atoms with E-state index in [4.69, 9.17) is 5.73 Å². The molecule has 0 radical (unpaired) electrons. The molecule has 1 heteroatoms. The monoisotopic (exact) mass is 315 g/mol. The molecule has 2 aromatic rings. The number of rotatable bonds is 2. The predicted molar refractivity (Wildman–Crippen MR) is 108 cm³/mol. The van der Waals surface area contributed by atoms with Crippen molar-refractivity contribution >= 4 is 5.69 Å². The second-order valence-electron chi connectivity index (χ2n) is 5.00. The fourth-order valence-electron chi connectivity index (χ4n) is 1.92. The molecule has 0 aliphatic heterocycles. The molecule has 0 heterocycles. The zero-order valence-corrected chi connectivity index (χ0v) is 16.5. The van der Waals surface area contributed by atoms with E-state index in [2.05, 4.69) is 64.1 Å². The van der Waals surface area contributed by atoms with Crippen LogP contribution in [-0.4, -0.2) is 0 Å². The van der Waals surface area contributed by atoms with Crippen LogP contribution in [0.15, 0.2) is 42.5 Å². The van der Waals surface area contributed by atoms with Gasteiger partial charge in [0.05, 0.1) is 0 Å². The highest BCUT2D eigenvalue weighted by Gasteiger charge is 2.03. The molecule has 2 N–H and O–H groups in total. The van der Waals surface area contributed by atoms with Gasteiger partial charge in [-0.15, -0.1) is 0 Å². The molecular formula is C22H37N. The molecule has 2 rings (SSSR count). The Morgan fingerprint density at radius 1 is 0.783 bits per heavy atom. The van der Waals surface area contributed by atoms with Crippen LogP contribution in [0.1, 0.15) is 70.2 Å². The second-order valence-corrected chi connectivity index (χ2v) is 5.00. The van der Waals surface area contributed by atoms with Crippen LogP contribution in [-0.2, 0) is 6.42 Å². The van der Waals surface area contributed by atoms with Crippen LogP contribution < -0.4 is 5.73 Å². The maximum Gasteiger partial charge on any atom is 0.0346 e. The zero-order chi connectivity index (χ0) is 18.3. The Bertz CT molecular complexity index is 501. The first-order valence-electron chi connectivity index (χ1n) is 8.98. The molecule has 0 bridgehead atoms. The van der Waals surface area contributed by atoms with E-state index in [0.717, 1.165) is 17.7 Å². The Labute approximate surface area is 144 Å². The van der Waals surface area contributed by atoms with Crippen molar-refractivity contribution < 1.29 is 0 Å². The molecule has 0 spiro atoms. The third kappa shape index (κ3) is 9.78. The van der Waals surface area contributed by atoms with E-state index in [1.165, 1.54) is 23.1 Å². The highest BCUT2D eigenvalue weighted by atomic mass is 14.6. The summed E-state index contributed by atoms with van der Waals surface area (Å²) in [5, 5.41) is 0. The Hall–Kier alpha value is -1.76. The topological polar surface area (TPSA) is 26.0 Å². The molecule has 0 aromatic heterocycles. The van der Waals surface area contributed by atoms with E-state index in [9.17, 15) is 0 Å². The summed E-state index contributed by atoms with van der Waals surface area (Å²) >= 11 is 0. The van der Waals surface area contributed by atoms with Gasteiger partial charge in [0.25, 0.3) is 0 Å². The Morgan fingerprint density at radius 3 is 1.74 bits per heavy atom. The van der Waals surface area contributed by atoms with Gasteiger partial charge >= 0.3 is 0 Å². The molecule has 130 valence electrons. The van der Waals surface area contributed by atoms with Crippen LogP contribution in [0, 0.1) is 13.8 Å². The van der Waals surface area contributed by atoms with Crippen molar-refractivity contribution in [3.8, 4) is 0 Å². The van der Waals surface area contributed by atoms with Gasteiger partial charge in [-0.05, 0) is 48.6 Å². The SMILES string of the molecule is CC.CC.CCC.Cc1cc(C)c(Cc2ccccc2)cc1N. The third-order valence-corrected chi connectivity index (χ3v) is 2.96. The zero-order valence-electron chi connectivity index (χ0n) is 16.5. The summed E-state index contributed by atoms with van der Waals surface area (Å²) in [6, 6.07) is 14.7. The number of hydrogen-bond acceptors (Lipinski definition) is 1. The summed E-state index contributed by atoms with van der Waals surface area (Å²) in [5.74, 6) is 0. The number of hydrogen-bond donors (Lipinski definition) is 1. The number of benzene rings is 2. The predicted octanol–water partition coefficient (Wildman–Crippen LogP) is 6.95. The molecular weight excluding hydrogens is 278 g/mol. The van der Waals surface area contributed by atoms with E-state index in [1.807, 2.05) is 33.8 Å². The summed E-state index contributed by atoms with van der Waals surface area (Å²) in [6.45, 7) is 16.4. The summed E-state index contributed by atoms with van der Waals surface area (Å²) in [7, 11) is 0. The minimum Gasteiger partial charge on any atom is -0.399 e. The Kier molecular flexibility index (Phi) is 15.5. The van der Waals surface area contributed by atoms with Crippen LogP contribution in [0.3, 0.4) is 0 Å². The summed E-state index contributed by atoms with van der Waals surface area (Å²) < 4.78 is 0. The van der Waals surface area contributed by atoms with Crippen molar-refractivity contribution in [2.75, 3.05) is 5.73 Å². The summed E-state index contributed by atoms with van der Waals surface area (Å²) in [6.07, 6.45) is 2.21. The van der Waals surface area contributed by atoms with Gasteiger partial charge < -0.3 is 5.73 Å². The average molecular weight is 316 g/mol. The van der Waals surface area contributed by atoms with Crippen molar-refractivity contribution in [1.82, 2.24) is 0 Å².